The number of anilines is 1. The third-order valence-corrected chi connectivity index (χ3v) is 9.59. The molecule has 1 aliphatic heterocycles. The van der Waals surface area contributed by atoms with Crippen molar-refractivity contribution in [3.63, 3.8) is 0 Å². The number of nitrogens with zero attached hydrogens (tertiary/aromatic N) is 2. The largest absolute Gasteiger partial charge is 0.395 e. The SMILES string of the molecule is COC1(C(=O)NS(=O)c2cc(F)c(N)c(C#N)c2)CCCCC1.Fc1ccc(SCCCCN2CC(C(F)(F)F)C2)cc1. The molecule has 1 atom stereocenters. The Bertz CT molecular complexity index is 1290. The fraction of sp³-hybridized carbons (Fsp3) is 0.517. The number of nitrogens with one attached hydrogen (secondary N) is 1. The number of hydrogen-bond acceptors (Lipinski definition) is 7. The lowest BCUT2D eigenvalue weighted by atomic mass is 9.84. The number of nitrogens with two attached hydrogens (primary N) is 1. The Morgan fingerprint density at radius 1 is 1.16 bits per heavy atom. The molecule has 1 aliphatic carbocycles. The number of unbranched alkanes of at least 4 members (excludes halogenated alkanes) is 1. The molecule has 2 aromatic rings. The third-order valence-electron chi connectivity index (χ3n) is 7.46. The van der Waals surface area contributed by atoms with Gasteiger partial charge < -0.3 is 15.4 Å². The average Bonchev–Trinajstić information content (AvgIpc) is 2.96. The Labute approximate surface area is 254 Å². The zero-order valence-electron chi connectivity index (χ0n) is 23.7. The van der Waals surface area contributed by atoms with E-state index in [0.717, 1.165) is 55.4 Å². The van der Waals surface area contributed by atoms with Crippen LogP contribution >= 0.6 is 11.8 Å². The van der Waals surface area contributed by atoms with Gasteiger partial charge in [-0.2, -0.15) is 18.4 Å². The predicted molar refractivity (Wildman–Crippen MR) is 155 cm³/mol. The lowest BCUT2D eigenvalue weighted by Crippen LogP contribution is -2.53. The van der Waals surface area contributed by atoms with Crippen molar-refractivity contribution in [2.45, 2.75) is 66.5 Å². The van der Waals surface area contributed by atoms with E-state index in [9.17, 15) is 31.0 Å². The molecule has 1 heterocycles. The molecule has 0 spiro atoms. The molecule has 1 saturated heterocycles. The Morgan fingerprint density at radius 2 is 1.81 bits per heavy atom. The number of hydrogen-bond donors (Lipinski definition) is 2. The van der Waals surface area contributed by atoms with Gasteiger partial charge in [0.05, 0.1) is 22.1 Å². The predicted octanol–water partition coefficient (Wildman–Crippen LogP) is 5.96. The molecule has 0 radical (unpaired) electrons. The van der Waals surface area contributed by atoms with Crippen LogP contribution in [-0.2, 0) is 20.5 Å². The molecular formula is C29H35F5N4O3S2. The summed E-state index contributed by atoms with van der Waals surface area (Å²) in [4.78, 5) is 15.3. The number of nitrogen functional groups attached to an aromatic ring is 1. The van der Waals surface area contributed by atoms with E-state index in [1.807, 2.05) is 4.90 Å². The van der Waals surface area contributed by atoms with E-state index in [0.29, 0.717) is 12.8 Å². The molecular weight excluding hydrogens is 611 g/mol. The van der Waals surface area contributed by atoms with Crippen LogP contribution in [0.25, 0.3) is 0 Å². The third kappa shape index (κ3) is 9.89. The van der Waals surface area contributed by atoms with Gasteiger partial charge in [0.2, 0.25) is 0 Å². The van der Waals surface area contributed by atoms with E-state index >= 15 is 0 Å². The second-order valence-corrected chi connectivity index (χ2v) is 12.8. The number of rotatable bonds is 10. The van der Waals surface area contributed by atoms with Crippen LogP contribution in [0.5, 0.6) is 0 Å². The zero-order valence-corrected chi connectivity index (χ0v) is 25.4. The van der Waals surface area contributed by atoms with Crippen molar-refractivity contribution in [3.05, 3.63) is 53.6 Å². The van der Waals surface area contributed by atoms with Crippen molar-refractivity contribution in [2.75, 3.05) is 38.2 Å². The molecule has 1 amide bonds. The molecule has 2 aliphatic rings. The number of halogens is 5. The summed E-state index contributed by atoms with van der Waals surface area (Å²) in [6.45, 7) is 1.03. The summed E-state index contributed by atoms with van der Waals surface area (Å²) in [5.74, 6) is -1.81. The van der Waals surface area contributed by atoms with E-state index in [4.69, 9.17) is 15.7 Å². The highest BCUT2D eigenvalue weighted by Crippen LogP contribution is 2.34. The van der Waals surface area contributed by atoms with E-state index in [1.54, 1.807) is 30.0 Å². The number of thioether (sulfide) groups is 1. The maximum absolute atomic E-state index is 13.7. The Hall–Kier alpha value is -2.73. The van der Waals surface area contributed by atoms with E-state index in [-0.39, 0.29) is 35.1 Å². The molecule has 0 aromatic heterocycles. The highest BCUT2D eigenvalue weighted by atomic mass is 32.2. The first-order valence-electron chi connectivity index (χ1n) is 13.8. The van der Waals surface area contributed by atoms with Gasteiger partial charge in [-0.15, -0.1) is 11.8 Å². The number of carbonyl (C=O) groups is 1. The summed E-state index contributed by atoms with van der Waals surface area (Å²) in [5, 5.41) is 8.91. The van der Waals surface area contributed by atoms with Gasteiger partial charge in [-0.3, -0.25) is 9.52 Å². The Kier molecular flexibility index (Phi) is 12.8. The second-order valence-electron chi connectivity index (χ2n) is 10.4. The number of ether oxygens (including phenoxy) is 1. The maximum Gasteiger partial charge on any atom is 0.394 e. The van der Waals surface area contributed by atoms with Crippen LogP contribution in [0.1, 0.15) is 50.5 Å². The molecule has 0 bridgehead atoms. The zero-order chi connectivity index (χ0) is 31.6. The summed E-state index contributed by atoms with van der Waals surface area (Å²) in [5.41, 5.74) is 3.99. The highest BCUT2D eigenvalue weighted by Gasteiger charge is 2.46. The molecule has 14 heteroatoms. The van der Waals surface area contributed by atoms with Crippen molar-refractivity contribution in [1.29, 1.82) is 5.26 Å². The van der Waals surface area contributed by atoms with Crippen LogP contribution in [0, 0.1) is 28.9 Å². The van der Waals surface area contributed by atoms with Crippen molar-refractivity contribution in [2.24, 2.45) is 5.92 Å². The van der Waals surface area contributed by atoms with Crippen molar-refractivity contribution in [3.8, 4) is 6.07 Å². The van der Waals surface area contributed by atoms with Crippen LogP contribution in [0.2, 0.25) is 0 Å². The van der Waals surface area contributed by atoms with Crippen LogP contribution in [-0.4, -0.2) is 59.3 Å². The quantitative estimate of drug-likeness (QED) is 0.142. The van der Waals surface area contributed by atoms with Gasteiger partial charge in [-0.1, -0.05) is 19.3 Å². The molecule has 236 valence electrons. The van der Waals surface area contributed by atoms with Gasteiger partial charge in [0, 0.05) is 25.1 Å². The number of amides is 1. The van der Waals surface area contributed by atoms with Crippen molar-refractivity contribution >= 4 is 34.3 Å². The number of carbonyl (C=O) groups excluding carboxylic acids is 1. The summed E-state index contributed by atoms with van der Waals surface area (Å²) in [6.07, 6.45) is 1.64. The topological polar surface area (TPSA) is 108 Å². The summed E-state index contributed by atoms with van der Waals surface area (Å²) < 4.78 is 83.2. The standard InChI is InChI=1S/C15H18FN3O3S.C14H17F4NS/c1-22-15(5-3-2-4-6-15)14(20)19-23(21)11-7-10(9-17)13(18)12(16)8-11;15-12-3-5-13(6-4-12)20-8-2-1-7-19-9-11(10-19)14(16,17)18/h7-8H,2-6,18H2,1H3,(H,19,20);3-6,11H,1-2,7-10H2. The molecule has 43 heavy (non-hydrogen) atoms. The first-order valence-corrected chi connectivity index (χ1v) is 16.0. The number of nitriles is 1. The summed E-state index contributed by atoms with van der Waals surface area (Å²) in [6, 6.07) is 10.2. The van der Waals surface area contributed by atoms with Gasteiger partial charge in [-0.05, 0) is 74.4 Å². The van der Waals surface area contributed by atoms with Gasteiger partial charge in [-0.25, -0.2) is 13.0 Å². The monoisotopic (exact) mass is 646 g/mol. The van der Waals surface area contributed by atoms with Crippen LogP contribution in [0.4, 0.5) is 27.6 Å². The molecule has 2 fully saturated rings. The van der Waals surface area contributed by atoms with Gasteiger partial charge >= 0.3 is 6.18 Å². The number of methoxy groups -OCH3 is 1. The highest BCUT2D eigenvalue weighted by molar-refractivity contribution is 7.99. The molecule has 7 nitrogen and oxygen atoms in total. The molecule has 3 N–H and O–H groups in total. The minimum Gasteiger partial charge on any atom is -0.395 e. The van der Waals surface area contributed by atoms with E-state index in [1.165, 1.54) is 25.3 Å². The van der Waals surface area contributed by atoms with Gasteiger partial charge in [0.15, 0.2) is 11.0 Å². The van der Waals surface area contributed by atoms with Crippen LogP contribution < -0.4 is 10.5 Å². The fourth-order valence-electron chi connectivity index (χ4n) is 4.79. The molecule has 2 aromatic carbocycles. The normalized spacial score (nSPS) is 17.6. The fourth-order valence-corrected chi connectivity index (χ4v) is 6.61. The summed E-state index contributed by atoms with van der Waals surface area (Å²) >= 11 is 1.65. The van der Waals surface area contributed by atoms with Crippen LogP contribution in [0.15, 0.2) is 46.2 Å². The lowest BCUT2D eigenvalue weighted by molar-refractivity contribution is -0.209. The minimum atomic E-state index is -4.03. The number of benzene rings is 2. The van der Waals surface area contributed by atoms with E-state index in [2.05, 4.69) is 4.72 Å². The van der Waals surface area contributed by atoms with Crippen LogP contribution in [0.3, 0.4) is 0 Å². The van der Waals surface area contributed by atoms with E-state index < -0.39 is 40.4 Å². The number of alkyl halides is 3. The first-order chi connectivity index (χ1) is 20.4. The Balaban J connectivity index is 0.000000238. The Morgan fingerprint density at radius 3 is 2.40 bits per heavy atom. The lowest BCUT2D eigenvalue weighted by Gasteiger charge is -2.40. The molecule has 4 rings (SSSR count). The van der Waals surface area contributed by atoms with Crippen molar-refractivity contribution < 1.29 is 35.7 Å². The molecule has 1 unspecified atom stereocenters. The second kappa shape index (κ2) is 15.8. The average molecular weight is 647 g/mol. The minimum absolute atomic E-state index is 0.0244. The maximum atomic E-state index is 13.7. The first kappa shape index (κ1) is 34.8. The van der Waals surface area contributed by atoms with Gasteiger partial charge in [0.25, 0.3) is 5.91 Å². The molecule has 1 saturated carbocycles. The smallest absolute Gasteiger partial charge is 0.394 e. The number of likely N-dealkylation sites (tertiary alicyclic amines) is 1. The van der Waals surface area contributed by atoms with Gasteiger partial charge in [0.1, 0.15) is 23.3 Å². The summed E-state index contributed by atoms with van der Waals surface area (Å²) in [7, 11) is -0.550. The van der Waals surface area contributed by atoms with Crippen molar-refractivity contribution in [1.82, 2.24) is 9.62 Å².